The number of halogens is 2. The van der Waals surface area contributed by atoms with Gasteiger partial charge in [0.15, 0.2) is 0 Å². The number of nitrogens with one attached hydrogen (secondary N) is 3. The van der Waals surface area contributed by atoms with E-state index in [9.17, 15) is 14.4 Å². The summed E-state index contributed by atoms with van der Waals surface area (Å²) in [7, 11) is 1.57. The van der Waals surface area contributed by atoms with Crippen LogP contribution in [0.3, 0.4) is 0 Å². The van der Waals surface area contributed by atoms with E-state index in [1.807, 2.05) is 67.6 Å². The first kappa shape index (κ1) is 37.5. The Balaban J connectivity index is 1.12. The first-order valence-corrected chi connectivity index (χ1v) is 18.6. The minimum absolute atomic E-state index is 0.0576. The maximum absolute atomic E-state index is 13.5. The number of ether oxygens (including phenoxy) is 3. The van der Waals surface area contributed by atoms with Gasteiger partial charge in [0, 0.05) is 84.5 Å². The predicted molar refractivity (Wildman–Crippen MR) is 207 cm³/mol. The van der Waals surface area contributed by atoms with Gasteiger partial charge >= 0.3 is 0 Å². The summed E-state index contributed by atoms with van der Waals surface area (Å²) >= 11 is 14.3. The quantitative estimate of drug-likeness (QED) is 0.131. The van der Waals surface area contributed by atoms with Crippen LogP contribution in [0, 0.1) is 6.92 Å². The van der Waals surface area contributed by atoms with E-state index >= 15 is 0 Å². The molecular formula is C40H40Cl2N6O6. The Morgan fingerprint density at radius 1 is 0.981 bits per heavy atom. The Hall–Kier alpha value is -4.85. The van der Waals surface area contributed by atoms with Gasteiger partial charge in [0.05, 0.1) is 35.0 Å². The zero-order chi connectivity index (χ0) is 37.8. The molecule has 3 N–H and O–H groups in total. The molecule has 0 unspecified atom stereocenters. The number of rotatable bonds is 13. The third-order valence-electron chi connectivity index (χ3n) is 10.0. The lowest BCUT2D eigenvalue weighted by molar-refractivity contribution is -0.142. The van der Waals surface area contributed by atoms with Crippen LogP contribution in [0.4, 0.5) is 0 Å². The summed E-state index contributed by atoms with van der Waals surface area (Å²) in [5, 5.41) is 10.7. The Kier molecular flexibility index (Phi) is 11.6. The van der Waals surface area contributed by atoms with Crippen LogP contribution in [-0.2, 0) is 32.2 Å². The highest BCUT2D eigenvalue weighted by atomic mass is 35.5. The first-order chi connectivity index (χ1) is 26.2. The Bertz CT molecular complexity index is 2270. The van der Waals surface area contributed by atoms with Crippen LogP contribution in [0.15, 0.2) is 71.7 Å². The molecule has 2 aliphatic heterocycles. The van der Waals surface area contributed by atoms with Crippen LogP contribution >= 0.6 is 23.2 Å². The van der Waals surface area contributed by atoms with Crippen molar-refractivity contribution in [3.8, 4) is 39.4 Å². The zero-order valence-electron chi connectivity index (χ0n) is 29.9. The second-order valence-electron chi connectivity index (χ2n) is 13.4. The van der Waals surface area contributed by atoms with Crippen molar-refractivity contribution in [1.82, 2.24) is 30.3 Å². The molecule has 2 aromatic carbocycles. The normalized spacial score (nSPS) is 18.4. The number of carbonyl (C=O) groups excluding carboxylic acids is 2. The number of hydrogen-bond acceptors (Lipinski definition) is 10. The Morgan fingerprint density at radius 3 is 2.48 bits per heavy atom. The molecular weight excluding hydrogens is 731 g/mol. The van der Waals surface area contributed by atoms with E-state index in [-0.39, 0.29) is 29.7 Å². The molecule has 14 heteroatoms. The smallest absolute Gasteiger partial charge is 0.293 e. The van der Waals surface area contributed by atoms with Gasteiger partial charge in [-0.15, -0.1) is 0 Å². The van der Waals surface area contributed by atoms with Gasteiger partial charge < -0.3 is 30.2 Å². The number of methoxy groups -OCH3 is 1. The van der Waals surface area contributed by atoms with Crippen molar-refractivity contribution in [2.75, 3.05) is 26.9 Å². The highest BCUT2D eigenvalue weighted by Crippen LogP contribution is 2.42. The number of hydrogen-bond donors (Lipinski definition) is 3. The van der Waals surface area contributed by atoms with Crippen LogP contribution in [0.25, 0.3) is 39.2 Å². The van der Waals surface area contributed by atoms with E-state index in [1.165, 1.54) is 4.40 Å². The molecule has 280 valence electrons. The first-order valence-electron chi connectivity index (χ1n) is 17.8. The average molecular weight is 772 g/mol. The van der Waals surface area contributed by atoms with Gasteiger partial charge in [-0.05, 0) is 43.5 Å². The highest BCUT2D eigenvalue weighted by molar-refractivity contribution is 6.39. The number of fused-ring (bicyclic) bond motifs is 1. The second kappa shape index (κ2) is 16.7. The van der Waals surface area contributed by atoms with Crippen molar-refractivity contribution in [2.45, 2.75) is 57.5 Å². The van der Waals surface area contributed by atoms with Gasteiger partial charge in [0.1, 0.15) is 11.8 Å². The van der Waals surface area contributed by atoms with E-state index in [0.29, 0.717) is 96.2 Å². The van der Waals surface area contributed by atoms with E-state index in [2.05, 4.69) is 16.0 Å². The number of amides is 1. The molecule has 7 rings (SSSR count). The van der Waals surface area contributed by atoms with Gasteiger partial charge in [-0.3, -0.25) is 18.8 Å². The number of aromatic nitrogens is 3. The molecule has 0 spiro atoms. The molecule has 5 heterocycles. The van der Waals surface area contributed by atoms with E-state index < -0.39 is 0 Å². The van der Waals surface area contributed by atoms with Gasteiger partial charge in [-0.1, -0.05) is 65.7 Å². The summed E-state index contributed by atoms with van der Waals surface area (Å²) < 4.78 is 17.9. The third-order valence-corrected chi connectivity index (χ3v) is 10.8. The number of carbonyl (C=O) groups is 2. The highest BCUT2D eigenvalue weighted by Gasteiger charge is 2.27. The fourth-order valence-electron chi connectivity index (χ4n) is 7.08. The van der Waals surface area contributed by atoms with Gasteiger partial charge in [0.2, 0.25) is 11.8 Å². The summed E-state index contributed by atoms with van der Waals surface area (Å²) in [4.78, 5) is 45.6. The molecule has 12 nitrogen and oxygen atoms in total. The van der Waals surface area contributed by atoms with Gasteiger partial charge in [-0.2, -0.15) is 0 Å². The molecule has 54 heavy (non-hydrogen) atoms. The summed E-state index contributed by atoms with van der Waals surface area (Å²) in [6.45, 7) is 4.59. The molecule has 2 aliphatic rings. The van der Waals surface area contributed by atoms with Gasteiger partial charge in [0.25, 0.3) is 12.0 Å². The maximum atomic E-state index is 13.5. The topological polar surface area (TPSA) is 145 Å². The van der Waals surface area contributed by atoms with Crippen molar-refractivity contribution < 1.29 is 23.8 Å². The van der Waals surface area contributed by atoms with Crippen LogP contribution in [0.2, 0.25) is 10.0 Å². The summed E-state index contributed by atoms with van der Waals surface area (Å²) in [5.41, 5.74) is 6.76. The molecule has 2 fully saturated rings. The molecule has 3 atom stereocenters. The zero-order valence-corrected chi connectivity index (χ0v) is 31.4. The number of benzene rings is 2. The lowest BCUT2D eigenvalue weighted by atomic mass is 9.97. The van der Waals surface area contributed by atoms with E-state index in [0.717, 1.165) is 34.2 Å². The molecule has 0 bridgehead atoms. The Morgan fingerprint density at radius 2 is 1.74 bits per heavy atom. The predicted octanol–water partition coefficient (Wildman–Crippen LogP) is 5.50. The standard InChI is InChI=1S/C40H40Cl2N6O6/c1-23-31(20-43-19-26-10-12-36(50)46-26)40(51)48-15-13-24(17-35(48)45-23)27-5-3-6-28(37(27)41)29-7-4-8-30(38(29)42)32-11-9-25(39(47-32)52-2)18-44-33-14-16-53-21-34(33)54-22-49/h3-9,11,13,15,17,22,26,33-34,43-44H,10,12,14,16,18-21H2,1-2H3,(H,46,50)/t26-,33-,34-/m0/s1. The van der Waals surface area contributed by atoms with Crippen molar-refractivity contribution >= 4 is 41.2 Å². The lowest BCUT2D eigenvalue weighted by Crippen LogP contribution is -2.47. The van der Waals surface area contributed by atoms with Crippen molar-refractivity contribution in [2.24, 2.45) is 0 Å². The van der Waals surface area contributed by atoms with Crippen LogP contribution in [0.1, 0.15) is 36.1 Å². The molecule has 0 radical (unpaired) electrons. The fourth-order valence-corrected chi connectivity index (χ4v) is 7.74. The van der Waals surface area contributed by atoms with E-state index in [4.69, 9.17) is 47.4 Å². The van der Waals surface area contributed by atoms with Crippen molar-refractivity contribution in [3.05, 3.63) is 104 Å². The molecule has 0 saturated carbocycles. The van der Waals surface area contributed by atoms with Crippen LogP contribution < -0.4 is 26.2 Å². The molecule has 5 aromatic rings. The minimum Gasteiger partial charge on any atom is -0.481 e. The monoisotopic (exact) mass is 770 g/mol. The number of aryl methyl sites for hydroxylation is 1. The maximum Gasteiger partial charge on any atom is 0.293 e. The number of pyridine rings is 2. The van der Waals surface area contributed by atoms with Crippen molar-refractivity contribution in [3.63, 3.8) is 0 Å². The summed E-state index contributed by atoms with van der Waals surface area (Å²) in [6, 6.07) is 19.0. The largest absolute Gasteiger partial charge is 0.481 e. The SMILES string of the molecule is COc1nc(-c2cccc(-c3cccc(-c4ccn5c(=O)c(CNC[C@@H]6CCC(=O)N6)c(C)nc5c4)c3Cl)c2Cl)ccc1CN[C@H]1CCOC[C@@H]1OC=O. The van der Waals surface area contributed by atoms with E-state index in [1.54, 1.807) is 13.3 Å². The number of nitrogens with zero attached hydrogens (tertiary/aromatic N) is 3. The minimum atomic E-state index is -0.367. The summed E-state index contributed by atoms with van der Waals surface area (Å²) in [5.74, 6) is 0.506. The fraction of sp³-hybridized carbons (Fsp3) is 0.325. The molecule has 2 saturated heterocycles. The van der Waals surface area contributed by atoms with Crippen LogP contribution in [-0.4, -0.2) is 71.8 Å². The second-order valence-corrected chi connectivity index (χ2v) is 14.1. The lowest BCUT2D eigenvalue weighted by Gasteiger charge is -2.30. The third kappa shape index (κ3) is 7.84. The van der Waals surface area contributed by atoms with Crippen molar-refractivity contribution in [1.29, 1.82) is 0 Å². The van der Waals surface area contributed by atoms with Crippen LogP contribution in [0.5, 0.6) is 5.88 Å². The average Bonchev–Trinajstić information content (AvgIpc) is 3.60. The summed E-state index contributed by atoms with van der Waals surface area (Å²) in [6.07, 6.45) is 3.37. The molecule has 1 amide bonds. The molecule has 0 aliphatic carbocycles. The Labute approximate surface area is 322 Å². The molecule has 3 aromatic heterocycles. The van der Waals surface area contributed by atoms with Gasteiger partial charge in [-0.25, -0.2) is 9.97 Å².